The van der Waals surface area contributed by atoms with Gasteiger partial charge in [0.15, 0.2) is 0 Å². The van der Waals surface area contributed by atoms with Crippen LogP contribution in [0.3, 0.4) is 0 Å². The van der Waals surface area contributed by atoms with Gasteiger partial charge in [-0.05, 0) is 17.7 Å². The van der Waals surface area contributed by atoms with Crippen molar-refractivity contribution in [2.45, 2.75) is 20.5 Å². The van der Waals surface area contributed by atoms with Crippen LogP contribution in [-0.2, 0) is 20.9 Å². The Morgan fingerprint density at radius 3 is 1.88 bits per heavy atom. The van der Waals surface area contributed by atoms with Crippen molar-refractivity contribution < 1.29 is 28.6 Å². The summed E-state index contributed by atoms with van der Waals surface area (Å²) in [5, 5.41) is 0. The lowest BCUT2D eigenvalue weighted by molar-refractivity contribution is -0.132. The molecule has 0 amide bonds. The van der Waals surface area contributed by atoms with Gasteiger partial charge >= 0.3 is 17.9 Å². The molecule has 0 aliphatic carbocycles. The van der Waals surface area contributed by atoms with Gasteiger partial charge in [-0.3, -0.25) is 9.59 Å². The molecule has 0 fully saturated rings. The summed E-state index contributed by atoms with van der Waals surface area (Å²) < 4.78 is 15.1. The fourth-order valence-corrected chi connectivity index (χ4v) is 1.95. The van der Waals surface area contributed by atoms with Gasteiger partial charge in [0.25, 0.3) is 0 Å². The predicted octanol–water partition coefficient (Wildman–Crippen LogP) is 2.89. The number of benzene rings is 2. The molecule has 24 heavy (non-hydrogen) atoms. The average Bonchev–Trinajstić information content (AvgIpc) is 2.52. The lowest BCUT2D eigenvalue weighted by Gasteiger charge is -2.09. The largest absolute Gasteiger partial charge is 0.457 e. The number of rotatable bonds is 5. The lowest BCUT2D eigenvalue weighted by atomic mass is 10.2. The molecule has 0 saturated carbocycles. The Labute approximate surface area is 139 Å². The van der Waals surface area contributed by atoms with Crippen LogP contribution >= 0.6 is 0 Å². The van der Waals surface area contributed by atoms with Gasteiger partial charge in [-0.1, -0.05) is 30.3 Å². The summed E-state index contributed by atoms with van der Waals surface area (Å²) in [6, 6.07) is 13.2. The minimum absolute atomic E-state index is 0.0907. The molecule has 2 aromatic carbocycles. The van der Waals surface area contributed by atoms with Gasteiger partial charge in [-0.25, -0.2) is 4.79 Å². The summed E-state index contributed by atoms with van der Waals surface area (Å²) in [6.07, 6.45) is 0. The fraction of sp³-hybridized carbons (Fsp3) is 0.167. The van der Waals surface area contributed by atoms with Crippen LogP contribution in [0.1, 0.15) is 29.8 Å². The van der Waals surface area contributed by atoms with Crippen molar-refractivity contribution in [2.24, 2.45) is 0 Å². The monoisotopic (exact) mass is 328 g/mol. The van der Waals surface area contributed by atoms with E-state index in [2.05, 4.69) is 0 Å². The second-order valence-electron chi connectivity index (χ2n) is 4.94. The number of carbonyl (C=O) groups excluding carboxylic acids is 3. The molecule has 0 aromatic heterocycles. The van der Waals surface area contributed by atoms with E-state index < -0.39 is 17.9 Å². The maximum atomic E-state index is 12.2. The zero-order valence-electron chi connectivity index (χ0n) is 13.3. The third kappa shape index (κ3) is 5.24. The highest BCUT2D eigenvalue weighted by Crippen LogP contribution is 2.24. The Hall–Kier alpha value is -3.15. The van der Waals surface area contributed by atoms with Crippen LogP contribution in [0.15, 0.2) is 48.5 Å². The first-order valence-electron chi connectivity index (χ1n) is 7.17. The van der Waals surface area contributed by atoms with Crippen molar-refractivity contribution in [2.75, 3.05) is 0 Å². The highest BCUT2D eigenvalue weighted by molar-refractivity contribution is 5.91. The SMILES string of the molecule is CC(=O)Oc1cc(OC(C)=O)cc(C(=O)OCc2ccccc2)c1. The minimum Gasteiger partial charge on any atom is -0.457 e. The smallest absolute Gasteiger partial charge is 0.338 e. The van der Waals surface area contributed by atoms with Crippen LogP contribution in [0.5, 0.6) is 11.5 Å². The third-order valence-electron chi connectivity index (χ3n) is 2.85. The predicted molar refractivity (Wildman–Crippen MR) is 84.6 cm³/mol. The van der Waals surface area contributed by atoms with E-state index in [-0.39, 0.29) is 23.7 Å². The van der Waals surface area contributed by atoms with E-state index in [0.717, 1.165) is 5.56 Å². The molecule has 0 heterocycles. The Kier molecular flexibility index (Phi) is 5.68. The molecule has 0 bridgehead atoms. The summed E-state index contributed by atoms with van der Waals surface area (Å²) in [4.78, 5) is 34.4. The zero-order chi connectivity index (χ0) is 17.5. The molecule has 124 valence electrons. The first-order valence-corrected chi connectivity index (χ1v) is 7.17. The molecule has 0 radical (unpaired) electrons. The lowest BCUT2D eigenvalue weighted by Crippen LogP contribution is -2.09. The van der Waals surface area contributed by atoms with Gasteiger partial charge in [-0.15, -0.1) is 0 Å². The number of esters is 3. The molecule has 2 rings (SSSR count). The van der Waals surface area contributed by atoms with Gasteiger partial charge in [0.2, 0.25) is 0 Å². The molecule has 0 N–H and O–H groups in total. The molecule has 0 saturated heterocycles. The average molecular weight is 328 g/mol. The maximum absolute atomic E-state index is 12.2. The van der Waals surface area contributed by atoms with E-state index in [1.807, 2.05) is 30.3 Å². The highest BCUT2D eigenvalue weighted by Gasteiger charge is 2.14. The zero-order valence-corrected chi connectivity index (χ0v) is 13.3. The van der Waals surface area contributed by atoms with Crippen molar-refractivity contribution in [3.63, 3.8) is 0 Å². The van der Waals surface area contributed by atoms with Crippen LogP contribution in [0.25, 0.3) is 0 Å². The van der Waals surface area contributed by atoms with E-state index in [1.165, 1.54) is 32.0 Å². The third-order valence-corrected chi connectivity index (χ3v) is 2.85. The van der Waals surface area contributed by atoms with Gasteiger partial charge in [0.05, 0.1) is 5.56 Å². The van der Waals surface area contributed by atoms with Gasteiger partial charge in [0, 0.05) is 19.9 Å². The minimum atomic E-state index is -0.624. The second kappa shape index (κ2) is 7.92. The van der Waals surface area contributed by atoms with E-state index in [1.54, 1.807) is 0 Å². The quantitative estimate of drug-likeness (QED) is 0.620. The number of carbonyl (C=O) groups is 3. The van der Waals surface area contributed by atoms with Crippen molar-refractivity contribution in [3.05, 3.63) is 59.7 Å². The first kappa shape index (κ1) is 17.2. The Morgan fingerprint density at radius 1 is 0.833 bits per heavy atom. The molecule has 2 aromatic rings. The maximum Gasteiger partial charge on any atom is 0.338 e. The number of hydrogen-bond acceptors (Lipinski definition) is 6. The Balaban J connectivity index is 2.18. The van der Waals surface area contributed by atoms with Crippen LogP contribution in [0.4, 0.5) is 0 Å². The normalized spacial score (nSPS) is 9.92. The molecule has 0 aliphatic rings. The molecular weight excluding hydrogens is 312 g/mol. The summed E-state index contributed by atoms with van der Waals surface area (Å²) in [5.41, 5.74) is 0.947. The highest BCUT2D eigenvalue weighted by atomic mass is 16.5. The topological polar surface area (TPSA) is 78.9 Å². The van der Waals surface area contributed by atoms with Gasteiger partial charge < -0.3 is 14.2 Å². The van der Waals surface area contributed by atoms with Crippen LogP contribution in [-0.4, -0.2) is 17.9 Å². The fourth-order valence-electron chi connectivity index (χ4n) is 1.95. The molecule has 0 aliphatic heterocycles. The molecule has 0 spiro atoms. The van der Waals surface area contributed by atoms with Crippen LogP contribution in [0.2, 0.25) is 0 Å². The summed E-state index contributed by atoms with van der Waals surface area (Å²) in [5.74, 6) is -1.56. The Bertz CT molecular complexity index is 717. The number of ether oxygens (including phenoxy) is 3. The van der Waals surface area contributed by atoms with Gasteiger partial charge in [0.1, 0.15) is 18.1 Å². The second-order valence-corrected chi connectivity index (χ2v) is 4.94. The van der Waals surface area contributed by atoms with Crippen LogP contribution < -0.4 is 9.47 Å². The Morgan fingerprint density at radius 2 is 1.38 bits per heavy atom. The summed E-state index contributed by atoms with van der Waals surface area (Å²) in [6.45, 7) is 2.55. The van der Waals surface area contributed by atoms with Gasteiger partial charge in [-0.2, -0.15) is 0 Å². The standard InChI is InChI=1S/C18H16O6/c1-12(19)23-16-8-15(9-17(10-16)24-13(2)20)18(21)22-11-14-6-4-3-5-7-14/h3-10H,11H2,1-2H3. The van der Waals surface area contributed by atoms with E-state index in [0.29, 0.717) is 0 Å². The number of hydrogen-bond donors (Lipinski definition) is 0. The summed E-state index contributed by atoms with van der Waals surface area (Å²) >= 11 is 0. The summed E-state index contributed by atoms with van der Waals surface area (Å²) in [7, 11) is 0. The van der Waals surface area contributed by atoms with Crippen molar-refractivity contribution >= 4 is 17.9 Å². The molecule has 0 unspecified atom stereocenters. The van der Waals surface area contributed by atoms with E-state index in [4.69, 9.17) is 14.2 Å². The van der Waals surface area contributed by atoms with E-state index in [9.17, 15) is 14.4 Å². The van der Waals surface area contributed by atoms with E-state index >= 15 is 0 Å². The van der Waals surface area contributed by atoms with Crippen molar-refractivity contribution in [3.8, 4) is 11.5 Å². The van der Waals surface area contributed by atoms with Crippen LogP contribution in [0, 0.1) is 0 Å². The first-order chi connectivity index (χ1) is 11.4. The van der Waals surface area contributed by atoms with Crippen molar-refractivity contribution in [1.29, 1.82) is 0 Å². The molecule has 6 nitrogen and oxygen atoms in total. The molecular formula is C18H16O6. The molecule has 6 heteroatoms. The molecule has 0 atom stereocenters. The van der Waals surface area contributed by atoms with Crippen molar-refractivity contribution in [1.82, 2.24) is 0 Å².